The lowest BCUT2D eigenvalue weighted by Crippen LogP contribution is -2.38. The second-order valence-corrected chi connectivity index (χ2v) is 6.33. The third-order valence-corrected chi connectivity index (χ3v) is 4.89. The molecule has 4 rings (SSSR count). The lowest BCUT2D eigenvalue weighted by Gasteiger charge is -2.34. The van der Waals surface area contributed by atoms with Gasteiger partial charge in [0.05, 0.1) is 23.3 Å². The van der Waals surface area contributed by atoms with Gasteiger partial charge in [-0.1, -0.05) is 12.1 Å². The van der Waals surface area contributed by atoms with E-state index >= 15 is 0 Å². The largest absolute Gasteiger partial charge is 0.442 e. The summed E-state index contributed by atoms with van der Waals surface area (Å²) in [5.41, 5.74) is 2.06. The summed E-state index contributed by atoms with van der Waals surface area (Å²) in [7, 11) is 0. The number of benzene rings is 1. The normalized spacial score (nSPS) is 18.0. The van der Waals surface area contributed by atoms with Crippen LogP contribution in [0.5, 0.6) is 0 Å². The van der Waals surface area contributed by atoms with Crippen LogP contribution in [-0.2, 0) is 0 Å². The molecule has 1 aliphatic heterocycles. The number of H-pyrrole nitrogens is 1. The van der Waals surface area contributed by atoms with Crippen LogP contribution < -0.4 is 0 Å². The number of imidazole rings is 1. The highest BCUT2D eigenvalue weighted by Gasteiger charge is 2.30. The zero-order valence-electron chi connectivity index (χ0n) is 13.6. The van der Waals surface area contributed by atoms with E-state index in [9.17, 15) is 4.79 Å². The molecule has 0 amide bonds. The van der Waals surface area contributed by atoms with Gasteiger partial charge in [-0.3, -0.25) is 9.69 Å². The zero-order valence-corrected chi connectivity index (χ0v) is 13.6. The molecule has 1 fully saturated rings. The molecule has 24 heavy (non-hydrogen) atoms. The molecule has 2 aromatic heterocycles. The third kappa shape index (κ3) is 2.73. The Morgan fingerprint density at radius 3 is 2.83 bits per heavy atom. The van der Waals surface area contributed by atoms with E-state index in [-0.39, 0.29) is 23.6 Å². The van der Waals surface area contributed by atoms with Crippen LogP contribution in [0.4, 0.5) is 0 Å². The predicted octanol–water partition coefficient (Wildman–Crippen LogP) is 3.21. The molecule has 0 saturated carbocycles. The Bertz CT molecular complexity index is 799. The molecule has 1 aromatic carbocycles. The number of para-hydroxylation sites is 2. The van der Waals surface area contributed by atoms with E-state index in [1.807, 2.05) is 24.3 Å². The van der Waals surface area contributed by atoms with Crippen molar-refractivity contribution >= 4 is 16.8 Å². The van der Waals surface area contributed by atoms with Crippen LogP contribution in [0.3, 0.4) is 0 Å². The average Bonchev–Trinajstić information content (AvgIpc) is 3.30. The zero-order chi connectivity index (χ0) is 16.5. The topological polar surface area (TPSA) is 75.0 Å². The summed E-state index contributed by atoms with van der Waals surface area (Å²) in [5, 5.41) is 0. The molecule has 1 saturated heterocycles. The van der Waals surface area contributed by atoms with Crippen molar-refractivity contribution in [3.05, 3.63) is 48.4 Å². The Morgan fingerprint density at radius 2 is 2.12 bits per heavy atom. The highest BCUT2D eigenvalue weighted by atomic mass is 16.3. The molecule has 1 atom stereocenters. The first kappa shape index (κ1) is 15.1. The molecule has 124 valence electrons. The first-order valence-corrected chi connectivity index (χ1v) is 8.35. The molecule has 6 heteroatoms. The van der Waals surface area contributed by atoms with Crippen LogP contribution in [0, 0.1) is 5.92 Å². The quantitative estimate of drug-likeness (QED) is 0.746. The van der Waals surface area contributed by atoms with Gasteiger partial charge in [-0.25, -0.2) is 9.97 Å². The molecule has 1 unspecified atom stereocenters. The summed E-state index contributed by atoms with van der Waals surface area (Å²) in [6, 6.07) is 8.27. The number of oxazole rings is 1. The number of Topliss-reactive ketones (excluding diaryl/α,β-unsaturated/α-hetero) is 1. The number of rotatable bonds is 4. The van der Waals surface area contributed by atoms with Gasteiger partial charge in [0.25, 0.3) is 5.89 Å². The molecule has 0 bridgehead atoms. The van der Waals surface area contributed by atoms with E-state index in [2.05, 4.69) is 21.8 Å². The minimum absolute atomic E-state index is 0.00257. The van der Waals surface area contributed by atoms with Crippen LogP contribution >= 0.6 is 0 Å². The Kier molecular flexibility index (Phi) is 3.90. The van der Waals surface area contributed by atoms with Gasteiger partial charge >= 0.3 is 0 Å². The number of hydrogen-bond acceptors (Lipinski definition) is 5. The number of nitrogens with one attached hydrogen (secondary N) is 1. The second-order valence-electron chi connectivity index (χ2n) is 6.33. The van der Waals surface area contributed by atoms with E-state index in [4.69, 9.17) is 9.40 Å². The molecule has 3 heterocycles. The molecule has 0 spiro atoms. The van der Waals surface area contributed by atoms with E-state index in [0.29, 0.717) is 0 Å². The summed E-state index contributed by atoms with van der Waals surface area (Å²) < 4.78 is 5.14. The number of aromatic amines is 1. The SMILES string of the molecule is CC(c1nc2ccccc2[nH]1)N1CCC(C(=O)c2ncco2)CC1. The fraction of sp³-hybridized carbons (Fsp3) is 0.389. The fourth-order valence-corrected chi connectivity index (χ4v) is 3.41. The van der Waals surface area contributed by atoms with Gasteiger partial charge in [0.1, 0.15) is 12.1 Å². The molecule has 6 nitrogen and oxygen atoms in total. The molecule has 0 radical (unpaired) electrons. The monoisotopic (exact) mass is 324 g/mol. The average molecular weight is 324 g/mol. The van der Waals surface area contributed by atoms with Gasteiger partial charge in [-0.05, 0) is 45.0 Å². The Balaban J connectivity index is 1.42. The Morgan fingerprint density at radius 1 is 1.33 bits per heavy atom. The first-order valence-electron chi connectivity index (χ1n) is 8.35. The van der Waals surface area contributed by atoms with E-state index in [0.717, 1.165) is 42.8 Å². The number of piperidine rings is 1. The first-order chi connectivity index (χ1) is 11.7. The number of likely N-dealkylation sites (tertiary alicyclic amines) is 1. The standard InChI is InChI=1S/C18H20N4O2/c1-12(17-20-14-4-2-3-5-15(14)21-17)22-9-6-13(7-10-22)16(23)18-19-8-11-24-18/h2-5,8,11-13H,6-7,9-10H2,1H3,(H,20,21). The number of carbonyl (C=O) groups is 1. The number of aromatic nitrogens is 3. The van der Waals surface area contributed by atoms with Crippen LogP contribution in [0.15, 0.2) is 41.1 Å². The summed E-state index contributed by atoms with van der Waals surface area (Å²) in [6.45, 7) is 3.90. The van der Waals surface area contributed by atoms with Crippen molar-refractivity contribution in [3.63, 3.8) is 0 Å². The molecule has 3 aromatic rings. The number of nitrogens with zero attached hydrogens (tertiary/aromatic N) is 3. The predicted molar refractivity (Wildman–Crippen MR) is 89.6 cm³/mol. The molecule has 1 aliphatic rings. The summed E-state index contributed by atoms with van der Waals surface area (Å²) >= 11 is 0. The van der Waals surface area contributed by atoms with E-state index in [1.54, 1.807) is 0 Å². The molecular weight excluding hydrogens is 304 g/mol. The van der Waals surface area contributed by atoms with Crippen molar-refractivity contribution in [3.8, 4) is 0 Å². The van der Waals surface area contributed by atoms with Gasteiger partial charge in [0.2, 0.25) is 5.78 Å². The van der Waals surface area contributed by atoms with Gasteiger partial charge < -0.3 is 9.40 Å². The third-order valence-electron chi connectivity index (χ3n) is 4.89. The Labute approximate surface area is 139 Å². The van der Waals surface area contributed by atoms with Gasteiger partial charge in [-0.2, -0.15) is 0 Å². The Hall–Kier alpha value is -2.47. The highest BCUT2D eigenvalue weighted by molar-refractivity contribution is 5.93. The number of hydrogen-bond donors (Lipinski definition) is 1. The minimum Gasteiger partial charge on any atom is -0.442 e. The van der Waals surface area contributed by atoms with Crippen molar-refractivity contribution < 1.29 is 9.21 Å². The summed E-state index contributed by atoms with van der Waals surface area (Å²) in [4.78, 5) is 26.8. The van der Waals surface area contributed by atoms with Crippen molar-refractivity contribution in [2.45, 2.75) is 25.8 Å². The van der Waals surface area contributed by atoms with Crippen molar-refractivity contribution in [2.24, 2.45) is 5.92 Å². The van der Waals surface area contributed by atoms with E-state index in [1.165, 1.54) is 12.5 Å². The fourth-order valence-electron chi connectivity index (χ4n) is 3.41. The van der Waals surface area contributed by atoms with Crippen molar-refractivity contribution in [1.29, 1.82) is 0 Å². The van der Waals surface area contributed by atoms with Gasteiger partial charge in [0.15, 0.2) is 0 Å². The van der Waals surface area contributed by atoms with Gasteiger partial charge in [-0.15, -0.1) is 0 Å². The van der Waals surface area contributed by atoms with Crippen molar-refractivity contribution in [2.75, 3.05) is 13.1 Å². The second kappa shape index (κ2) is 6.20. The minimum atomic E-state index is 0.00257. The molecule has 1 N–H and O–H groups in total. The van der Waals surface area contributed by atoms with Crippen LogP contribution in [-0.4, -0.2) is 38.7 Å². The van der Waals surface area contributed by atoms with E-state index < -0.39 is 0 Å². The molecule has 0 aliphatic carbocycles. The van der Waals surface area contributed by atoms with Crippen LogP contribution in [0.1, 0.15) is 42.3 Å². The lowest BCUT2D eigenvalue weighted by molar-refractivity contribution is 0.0763. The van der Waals surface area contributed by atoms with Crippen LogP contribution in [0.2, 0.25) is 0 Å². The smallest absolute Gasteiger partial charge is 0.263 e. The maximum Gasteiger partial charge on any atom is 0.263 e. The summed E-state index contributed by atoms with van der Waals surface area (Å²) in [6.07, 6.45) is 4.62. The number of fused-ring (bicyclic) bond motifs is 1. The maximum absolute atomic E-state index is 12.3. The lowest BCUT2D eigenvalue weighted by atomic mass is 9.91. The summed E-state index contributed by atoms with van der Waals surface area (Å²) in [5.74, 6) is 1.24. The van der Waals surface area contributed by atoms with Crippen molar-refractivity contribution in [1.82, 2.24) is 19.9 Å². The number of ketones is 1. The number of carbonyl (C=O) groups excluding carboxylic acids is 1. The van der Waals surface area contributed by atoms with Gasteiger partial charge in [0, 0.05) is 5.92 Å². The van der Waals surface area contributed by atoms with Crippen LogP contribution in [0.25, 0.3) is 11.0 Å². The molecular formula is C18H20N4O2. The highest BCUT2D eigenvalue weighted by Crippen LogP contribution is 2.28. The maximum atomic E-state index is 12.3.